The number of aromatic nitrogens is 3. The summed E-state index contributed by atoms with van der Waals surface area (Å²) in [5, 5.41) is 9.27. The van der Waals surface area contributed by atoms with Crippen LogP contribution in [-0.2, 0) is 11.3 Å². The zero-order valence-electron chi connectivity index (χ0n) is 16.7. The van der Waals surface area contributed by atoms with Gasteiger partial charge in [0, 0.05) is 22.1 Å². The summed E-state index contributed by atoms with van der Waals surface area (Å²) < 4.78 is 2.90. The summed E-state index contributed by atoms with van der Waals surface area (Å²) in [5.41, 5.74) is 7.45. The van der Waals surface area contributed by atoms with Crippen molar-refractivity contribution in [3.05, 3.63) is 64.1 Å². The van der Waals surface area contributed by atoms with Gasteiger partial charge in [0.15, 0.2) is 11.0 Å². The lowest BCUT2D eigenvalue weighted by Gasteiger charge is -2.10. The Balaban J connectivity index is 1.60. The zero-order chi connectivity index (χ0) is 21.5. The predicted octanol–water partition coefficient (Wildman–Crippen LogP) is 3.98. The molecule has 3 rings (SSSR count). The van der Waals surface area contributed by atoms with Crippen molar-refractivity contribution in [1.29, 1.82) is 0 Å². The topological polar surface area (TPSA) is 88.9 Å². The van der Waals surface area contributed by atoms with E-state index in [2.05, 4.69) is 50.0 Å². The van der Waals surface area contributed by atoms with Gasteiger partial charge in [-0.05, 0) is 43.7 Å². The van der Waals surface area contributed by atoms with Crippen LogP contribution in [0.3, 0.4) is 0 Å². The Morgan fingerprint density at radius 2 is 1.87 bits per heavy atom. The maximum Gasteiger partial charge on any atom is 0.269 e. The quantitative estimate of drug-likeness (QED) is 0.388. The molecule has 30 heavy (non-hydrogen) atoms. The first kappa shape index (κ1) is 22.0. The summed E-state index contributed by atoms with van der Waals surface area (Å²) >= 11 is 4.60. The molecule has 0 spiro atoms. The first-order chi connectivity index (χ1) is 14.5. The third-order valence-corrected chi connectivity index (χ3v) is 5.69. The summed E-state index contributed by atoms with van der Waals surface area (Å²) in [4.78, 5) is 24.3. The molecular weight excluding hydrogens is 466 g/mol. The van der Waals surface area contributed by atoms with Crippen LogP contribution in [0.2, 0.25) is 0 Å². The fourth-order valence-corrected chi connectivity index (χ4v) is 3.81. The highest BCUT2D eigenvalue weighted by molar-refractivity contribution is 9.10. The molecule has 1 aromatic heterocycles. The number of carbonyl (C=O) groups excluding carboxylic acids is 2. The first-order valence-corrected chi connectivity index (χ1v) is 11.2. The Kier molecular flexibility index (Phi) is 7.64. The number of halogens is 1. The van der Waals surface area contributed by atoms with E-state index in [1.54, 1.807) is 24.3 Å². The van der Waals surface area contributed by atoms with E-state index in [9.17, 15) is 9.59 Å². The molecule has 2 aromatic carbocycles. The number of hydrogen-bond donors (Lipinski definition) is 2. The lowest BCUT2D eigenvalue weighted by Crippen LogP contribution is -2.42. The predicted molar refractivity (Wildman–Crippen MR) is 121 cm³/mol. The summed E-state index contributed by atoms with van der Waals surface area (Å²) in [6, 6.07) is 15.0. The number of amides is 2. The van der Waals surface area contributed by atoms with Crippen LogP contribution in [0.1, 0.15) is 29.3 Å². The highest BCUT2D eigenvalue weighted by Crippen LogP contribution is 2.25. The zero-order valence-corrected chi connectivity index (χ0v) is 19.1. The number of rotatable bonds is 7. The lowest BCUT2D eigenvalue weighted by atomic mass is 10.1. The lowest BCUT2D eigenvalue weighted by molar-refractivity contribution is -0.119. The van der Waals surface area contributed by atoms with Gasteiger partial charge in [-0.15, -0.1) is 10.2 Å². The second kappa shape index (κ2) is 10.4. The Hall–Kier alpha value is -2.65. The van der Waals surface area contributed by atoms with Gasteiger partial charge >= 0.3 is 0 Å². The van der Waals surface area contributed by atoms with E-state index in [1.165, 1.54) is 11.8 Å². The Labute approximate surface area is 187 Å². The summed E-state index contributed by atoms with van der Waals surface area (Å²) in [5.74, 6) is 0.188. The maximum atomic E-state index is 12.2. The molecule has 7 nitrogen and oxygen atoms in total. The van der Waals surface area contributed by atoms with Gasteiger partial charge in [-0.1, -0.05) is 58.4 Å². The van der Waals surface area contributed by atoms with Gasteiger partial charge in [0.2, 0.25) is 5.91 Å². The monoisotopic (exact) mass is 487 g/mol. The second-order valence-corrected chi connectivity index (χ2v) is 8.48. The molecule has 3 aromatic rings. The number of aryl methyl sites for hydroxylation is 1. The highest BCUT2D eigenvalue weighted by atomic mass is 79.9. The molecule has 0 aliphatic carbocycles. The van der Waals surface area contributed by atoms with Crippen molar-refractivity contribution < 1.29 is 9.59 Å². The molecule has 0 saturated heterocycles. The molecule has 1 heterocycles. The number of nitrogens with one attached hydrogen (secondary N) is 2. The van der Waals surface area contributed by atoms with Crippen LogP contribution in [0, 0.1) is 6.92 Å². The smallest absolute Gasteiger partial charge is 0.269 e. The van der Waals surface area contributed by atoms with Crippen LogP contribution in [0.4, 0.5) is 0 Å². The maximum absolute atomic E-state index is 12.2. The van der Waals surface area contributed by atoms with Gasteiger partial charge < -0.3 is 4.57 Å². The Morgan fingerprint density at radius 1 is 1.10 bits per heavy atom. The number of hydrazine groups is 1. The standard InChI is InChI=1S/C21H22BrN5O2S/c1-3-11-27-19(16-6-4-5-14(2)12-16)24-26-21(27)30-13-18(28)23-25-20(29)15-7-9-17(22)10-8-15/h4-10,12H,3,11,13H2,1-2H3,(H,23,28)(H,25,29). The van der Waals surface area contributed by atoms with E-state index < -0.39 is 0 Å². The van der Waals surface area contributed by atoms with Crippen molar-refractivity contribution in [2.75, 3.05) is 5.75 Å². The Bertz CT molecular complexity index is 1040. The van der Waals surface area contributed by atoms with E-state index in [4.69, 9.17) is 0 Å². The van der Waals surface area contributed by atoms with Crippen molar-refractivity contribution in [1.82, 2.24) is 25.6 Å². The number of hydrogen-bond acceptors (Lipinski definition) is 5. The molecule has 0 bridgehead atoms. The minimum Gasteiger partial charge on any atom is -0.302 e. The van der Waals surface area contributed by atoms with Gasteiger partial charge in [-0.2, -0.15) is 0 Å². The molecule has 2 amide bonds. The summed E-state index contributed by atoms with van der Waals surface area (Å²) in [7, 11) is 0. The van der Waals surface area contributed by atoms with Crippen LogP contribution in [-0.4, -0.2) is 32.3 Å². The van der Waals surface area contributed by atoms with E-state index >= 15 is 0 Å². The van der Waals surface area contributed by atoms with Gasteiger partial charge in [0.1, 0.15) is 0 Å². The number of nitrogens with zero attached hydrogens (tertiary/aromatic N) is 3. The molecule has 0 unspecified atom stereocenters. The van der Waals surface area contributed by atoms with E-state index in [1.807, 2.05) is 29.7 Å². The van der Waals surface area contributed by atoms with Crippen LogP contribution < -0.4 is 10.9 Å². The van der Waals surface area contributed by atoms with E-state index in [-0.39, 0.29) is 17.6 Å². The van der Waals surface area contributed by atoms with Crippen LogP contribution in [0.5, 0.6) is 0 Å². The van der Waals surface area contributed by atoms with Crippen molar-refractivity contribution in [3.8, 4) is 11.4 Å². The van der Waals surface area contributed by atoms with E-state index in [0.29, 0.717) is 10.7 Å². The fraction of sp³-hybridized carbons (Fsp3) is 0.238. The third-order valence-electron chi connectivity index (χ3n) is 4.19. The molecule has 0 aliphatic heterocycles. The SMILES string of the molecule is CCCn1c(SCC(=O)NNC(=O)c2ccc(Br)cc2)nnc1-c1cccc(C)c1. The van der Waals surface area contributed by atoms with Crippen molar-refractivity contribution in [2.24, 2.45) is 0 Å². The van der Waals surface area contributed by atoms with Crippen molar-refractivity contribution >= 4 is 39.5 Å². The van der Waals surface area contributed by atoms with Gasteiger partial charge in [-0.3, -0.25) is 20.4 Å². The minimum atomic E-state index is -0.378. The molecular formula is C21H22BrN5O2S. The normalized spacial score (nSPS) is 10.6. The molecule has 0 aliphatic rings. The summed E-state index contributed by atoms with van der Waals surface area (Å²) in [6.07, 6.45) is 0.917. The minimum absolute atomic E-state index is 0.107. The van der Waals surface area contributed by atoms with Crippen molar-refractivity contribution in [3.63, 3.8) is 0 Å². The number of carbonyl (C=O) groups is 2. The molecule has 9 heteroatoms. The average molecular weight is 488 g/mol. The average Bonchev–Trinajstić information content (AvgIpc) is 3.14. The number of thioether (sulfide) groups is 1. The van der Waals surface area contributed by atoms with Crippen LogP contribution >= 0.6 is 27.7 Å². The molecule has 156 valence electrons. The molecule has 0 fully saturated rings. The van der Waals surface area contributed by atoms with Gasteiger partial charge in [0.05, 0.1) is 5.75 Å². The number of benzene rings is 2. The molecule has 0 radical (unpaired) electrons. The van der Waals surface area contributed by atoms with Gasteiger partial charge in [0.25, 0.3) is 5.91 Å². The highest BCUT2D eigenvalue weighted by Gasteiger charge is 2.16. The van der Waals surface area contributed by atoms with Gasteiger partial charge in [-0.25, -0.2) is 0 Å². The second-order valence-electron chi connectivity index (χ2n) is 6.63. The van der Waals surface area contributed by atoms with Crippen LogP contribution in [0.25, 0.3) is 11.4 Å². The molecule has 0 atom stereocenters. The Morgan fingerprint density at radius 3 is 2.57 bits per heavy atom. The third kappa shape index (κ3) is 5.70. The molecule has 2 N–H and O–H groups in total. The largest absolute Gasteiger partial charge is 0.302 e. The van der Waals surface area contributed by atoms with E-state index in [0.717, 1.165) is 34.4 Å². The first-order valence-electron chi connectivity index (χ1n) is 9.45. The fourth-order valence-electron chi connectivity index (χ4n) is 2.78. The summed E-state index contributed by atoms with van der Waals surface area (Å²) in [6.45, 7) is 4.87. The molecule has 0 saturated carbocycles. The van der Waals surface area contributed by atoms with Crippen LogP contribution in [0.15, 0.2) is 58.2 Å². The van der Waals surface area contributed by atoms with Crippen molar-refractivity contribution in [2.45, 2.75) is 32.0 Å².